The highest BCUT2D eigenvalue weighted by atomic mass is 127. The van der Waals surface area contributed by atoms with E-state index < -0.39 is 13.0 Å². The van der Waals surface area contributed by atoms with Gasteiger partial charge >= 0.3 is 0 Å². The first-order valence-corrected chi connectivity index (χ1v) is 6.49. The Bertz CT molecular complexity index is 461. The van der Waals surface area contributed by atoms with Crippen molar-refractivity contribution in [3.8, 4) is 5.75 Å². The maximum Gasteiger partial charge on any atom is 0.255 e. The Hall–Kier alpha value is -0.830. The molecular weight excluding hydrogens is 415 g/mol. The molecule has 0 heterocycles. The number of halogens is 4. The van der Waals surface area contributed by atoms with Gasteiger partial charge in [0.05, 0.1) is 13.7 Å². The molecule has 2 N–H and O–H groups in total. The molecule has 0 radical (unpaired) electrons. The van der Waals surface area contributed by atoms with Gasteiger partial charge < -0.3 is 15.4 Å². The lowest BCUT2D eigenvalue weighted by Gasteiger charge is -2.12. The molecule has 0 spiro atoms. The van der Waals surface area contributed by atoms with Crippen LogP contribution in [0.3, 0.4) is 0 Å². The van der Waals surface area contributed by atoms with Crippen molar-refractivity contribution < 1.29 is 13.5 Å². The van der Waals surface area contributed by atoms with Gasteiger partial charge in [0.25, 0.3) is 6.43 Å². The van der Waals surface area contributed by atoms with Gasteiger partial charge in [0.1, 0.15) is 5.75 Å². The molecule has 8 heteroatoms. The molecule has 21 heavy (non-hydrogen) atoms. The molecule has 1 rings (SSSR count). The first-order chi connectivity index (χ1) is 9.56. The molecule has 0 aliphatic heterocycles. The first kappa shape index (κ1) is 20.2. The fraction of sp³-hybridized carbons (Fsp3) is 0.462. The minimum Gasteiger partial charge on any atom is -0.497 e. The number of aliphatic imine (C=N–C) groups is 1. The largest absolute Gasteiger partial charge is 0.497 e. The second kappa shape index (κ2) is 10.8. The van der Waals surface area contributed by atoms with Crippen LogP contribution in [0.4, 0.5) is 8.78 Å². The van der Waals surface area contributed by atoms with Gasteiger partial charge in [0.2, 0.25) is 0 Å². The number of methoxy groups -OCH3 is 1. The summed E-state index contributed by atoms with van der Waals surface area (Å²) in [5.41, 5.74) is 0.948. The van der Waals surface area contributed by atoms with Crippen LogP contribution < -0.4 is 15.4 Å². The van der Waals surface area contributed by atoms with E-state index in [0.717, 1.165) is 5.56 Å². The average molecular weight is 434 g/mol. The Morgan fingerprint density at radius 1 is 1.38 bits per heavy atom. The summed E-state index contributed by atoms with van der Waals surface area (Å²) in [6.07, 6.45) is -1.76. The van der Waals surface area contributed by atoms with Crippen molar-refractivity contribution in [3.05, 3.63) is 28.8 Å². The van der Waals surface area contributed by atoms with Gasteiger partial charge in [-0.1, -0.05) is 17.7 Å². The van der Waals surface area contributed by atoms with E-state index in [1.54, 1.807) is 13.2 Å². The van der Waals surface area contributed by atoms with E-state index >= 15 is 0 Å². The highest BCUT2D eigenvalue weighted by molar-refractivity contribution is 14.0. The van der Waals surface area contributed by atoms with E-state index in [0.29, 0.717) is 29.7 Å². The molecule has 0 saturated carbocycles. The number of hydrogen-bond acceptors (Lipinski definition) is 2. The summed E-state index contributed by atoms with van der Waals surface area (Å²) >= 11 is 6.11. The fourth-order valence-corrected chi connectivity index (χ4v) is 1.83. The topological polar surface area (TPSA) is 45.7 Å². The van der Waals surface area contributed by atoms with E-state index in [-0.39, 0.29) is 24.0 Å². The van der Waals surface area contributed by atoms with Crippen LogP contribution >= 0.6 is 35.6 Å². The maximum absolute atomic E-state index is 12.1. The third-order valence-electron chi connectivity index (χ3n) is 2.59. The summed E-state index contributed by atoms with van der Waals surface area (Å²) in [6.45, 7) is 0.109. The zero-order valence-corrected chi connectivity index (χ0v) is 14.9. The predicted octanol–water partition coefficient (Wildman–Crippen LogP) is 2.94. The van der Waals surface area contributed by atoms with Crippen LogP contribution in [0.1, 0.15) is 5.56 Å². The third-order valence-corrected chi connectivity index (χ3v) is 2.95. The normalized spacial score (nSPS) is 11.0. The van der Waals surface area contributed by atoms with Gasteiger partial charge in [-0.3, -0.25) is 4.99 Å². The van der Waals surface area contributed by atoms with Crippen LogP contribution in [0.2, 0.25) is 5.02 Å². The van der Waals surface area contributed by atoms with Crippen molar-refractivity contribution in [3.63, 3.8) is 0 Å². The van der Waals surface area contributed by atoms with Crippen molar-refractivity contribution in [2.45, 2.75) is 12.8 Å². The number of nitrogens with zero attached hydrogens (tertiary/aromatic N) is 1. The second-order valence-corrected chi connectivity index (χ2v) is 4.39. The predicted molar refractivity (Wildman–Crippen MR) is 92.5 cm³/mol. The highest BCUT2D eigenvalue weighted by Gasteiger charge is 2.05. The molecule has 0 aliphatic rings. The van der Waals surface area contributed by atoms with Crippen molar-refractivity contribution in [2.24, 2.45) is 4.99 Å². The smallest absolute Gasteiger partial charge is 0.255 e. The van der Waals surface area contributed by atoms with Gasteiger partial charge in [-0.05, 0) is 24.1 Å². The van der Waals surface area contributed by atoms with E-state index in [2.05, 4.69) is 15.6 Å². The number of rotatable bonds is 6. The monoisotopic (exact) mass is 433 g/mol. The number of guanidine groups is 1. The average Bonchev–Trinajstić information content (AvgIpc) is 2.43. The van der Waals surface area contributed by atoms with Gasteiger partial charge in [0.15, 0.2) is 5.96 Å². The molecule has 0 fully saturated rings. The molecule has 0 unspecified atom stereocenters. The molecule has 1 aromatic rings. The number of ether oxygens (including phenoxy) is 1. The van der Waals surface area contributed by atoms with Gasteiger partial charge in [0, 0.05) is 18.6 Å². The number of benzene rings is 1. The zero-order valence-electron chi connectivity index (χ0n) is 11.8. The lowest BCUT2D eigenvalue weighted by atomic mass is 10.1. The lowest BCUT2D eigenvalue weighted by Crippen LogP contribution is -2.40. The highest BCUT2D eigenvalue weighted by Crippen LogP contribution is 2.22. The Labute approximate surface area is 145 Å². The number of alkyl halides is 2. The molecule has 0 aliphatic carbocycles. The van der Waals surface area contributed by atoms with Crippen molar-refractivity contribution >= 4 is 41.5 Å². The van der Waals surface area contributed by atoms with E-state index in [1.165, 1.54) is 7.05 Å². The Kier molecular flexibility index (Phi) is 10.4. The van der Waals surface area contributed by atoms with E-state index in [1.807, 2.05) is 12.1 Å². The van der Waals surface area contributed by atoms with Crippen molar-refractivity contribution in [1.29, 1.82) is 0 Å². The zero-order chi connectivity index (χ0) is 15.0. The van der Waals surface area contributed by atoms with Crippen LogP contribution in [0.15, 0.2) is 23.2 Å². The van der Waals surface area contributed by atoms with Gasteiger partial charge in [-0.2, -0.15) is 0 Å². The standard InChI is InChI=1S/C13H18ClF2N3O.HI/c1-17-13(19-8-12(15)16)18-6-5-9-3-4-10(20-2)7-11(9)14;/h3-4,7,12H,5-6,8H2,1-2H3,(H2,17,18,19);1H. The Morgan fingerprint density at radius 3 is 2.62 bits per heavy atom. The van der Waals surface area contributed by atoms with Crippen LogP contribution in [0.5, 0.6) is 5.75 Å². The van der Waals surface area contributed by atoms with Crippen LogP contribution in [-0.4, -0.2) is 39.6 Å². The van der Waals surface area contributed by atoms with E-state index in [9.17, 15) is 8.78 Å². The summed E-state index contributed by atoms with van der Waals surface area (Å²) in [5, 5.41) is 6.08. The molecule has 120 valence electrons. The molecule has 4 nitrogen and oxygen atoms in total. The number of hydrogen-bond donors (Lipinski definition) is 2. The fourth-order valence-electron chi connectivity index (χ4n) is 1.57. The second-order valence-electron chi connectivity index (χ2n) is 3.98. The molecule has 0 atom stereocenters. The quantitative estimate of drug-likeness (QED) is 0.412. The van der Waals surface area contributed by atoms with Crippen LogP contribution in [0, 0.1) is 0 Å². The van der Waals surface area contributed by atoms with Crippen molar-refractivity contribution in [1.82, 2.24) is 10.6 Å². The summed E-state index contributed by atoms with van der Waals surface area (Å²) < 4.78 is 29.2. The summed E-state index contributed by atoms with van der Waals surface area (Å²) in [5.74, 6) is 1.04. The minimum atomic E-state index is -2.41. The van der Waals surface area contributed by atoms with Gasteiger partial charge in [-0.25, -0.2) is 8.78 Å². The first-order valence-electron chi connectivity index (χ1n) is 6.12. The number of nitrogens with one attached hydrogen (secondary N) is 2. The molecule has 0 amide bonds. The van der Waals surface area contributed by atoms with Crippen LogP contribution in [-0.2, 0) is 6.42 Å². The van der Waals surface area contributed by atoms with Crippen LogP contribution in [0.25, 0.3) is 0 Å². The third kappa shape index (κ3) is 7.66. The molecule has 0 bridgehead atoms. The minimum absolute atomic E-state index is 0. The molecule has 0 saturated heterocycles. The summed E-state index contributed by atoms with van der Waals surface area (Å²) in [6, 6.07) is 5.43. The SMILES string of the molecule is CN=C(NCCc1ccc(OC)cc1Cl)NCC(F)F.I. The summed E-state index contributed by atoms with van der Waals surface area (Å²) in [4.78, 5) is 3.85. The van der Waals surface area contributed by atoms with Gasteiger partial charge in [-0.15, -0.1) is 24.0 Å². The van der Waals surface area contributed by atoms with E-state index in [4.69, 9.17) is 16.3 Å². The molecule has 0 aromatic heterocycles. The molecular formula is C13H19ClF2IN3O. The Morgan fingerprint density at radius 2 is 2.10 bits per heavy atom. The lowest BCUT2D eigenvalue weighted by molar-refractivity contribution is 0.152. The molecule has 1 aromatic carbocycles. The summed E-state index contributed by atoms with van der Waals surface area (Å²) in [7, 11) is 3.10. The Balaban J connectivity index is 0.00000400. The maximum atomic E-state index is 12.1. The van der Waals surface area contributed by atoms with Crippen molar-refractivity contribution in [2.75, 3.05) is 27.2 Å².